The van der Waals surface area contributed by atoms with Crippen LogP contribution in [0.3, 0.4) is 0 Å². The van der Waals surface area contributed by atoms with E-state index >= 15 is 0 Å². The molecular weight excluding hydrogens is 174 g/mol. The third-order valence-electron chi connectivity index (χ3n) is 1.28. The van der Waals surface area contributed by atoms with Gasteiger partial charge in [-0.1, -0.05) is 34.1 Å². The number of aryl methyl sites for hydroxylation is 2. The summed E-state index contributed by atoms with van der Waals surface area (Å²) in [4.78, 5) is 0. The van der Waals surface area contributed by atoms with Crippen LogP contribution in [0.25, 0.3) is 0 Å². The van der Waals surface area contributed by atoms with Gasteiger partial charge in [-0.05, 0) is 12.5 Å². The van der Waals surface area contributed by atoms with Crippen LogP contribution in [0.15, 0.2) is 18.3 Å². The molecule has 0 atom stereocenters. The molecule has 0 bridgehead atoms. The molecule has 1 N–H and O–H groups in total. The lowest BCUT2D eigenvalue weighted by Crippen LogP contribution is -2.32. The predicted molar refractivity (Wildman–Crippen MR) is 60.6 cm³/mol. The highest BCUT2D eigenvalue weighted by Crippen LogP contribution is 1.94. The van der Waals surface area contributed by atoms with Crippen molar-refractivity contribution < 1.29 is 9.94 Å². The van der Waals surface area contributed by atoms with Crippen molar-refractivity contribution in [3.05, 3.63) is 29.6 Å². The van der Waals surface area contributed by atoms with E-state index in [9.17, 15) is 0 Å². The molecule has 14 heavy (non-hydrogen) atoms. The van der Waals surface area contributed by atoms with Gasteiger partial charge >= 0.3 is 0 Å². The summed E-state index contributed by atoms with van der Waals surface area (Å²) < 4.78 is 1.10. The minimum atomic E-state index is 0.856. The predicted octanol–water partition coefficient (Wildman–Crippen LogP) is 3.27. The molecule has 0 aromatic carbocycles. The van der Waals surface area contributed by atoms with Gasteiger partial charge in [0.1, 0.15) is 0 Å². The van der Waals surface area contributed by atoms with Gasteiger partial charge in [-0.15, -0.1) is 0 Å². The van der Waals surface area contributed by atoms with E-state index in [0.717, 1.165) is 16.0 Å². The van der Waals surface area contributed by atoms with Crippen LogP contribution in [0.5, 0.6) is 0 Å². The van der Waals surface area contributed by atoms with Gasteiger partial charge < -0.3 is 0 Å². The normalized spacial score (nSPS) is 7.86. The van der Waals surface area contributed by atoms with Gasteiger partial charge in [0.25, 0.3) is 0 Å². The van der Waals surface area contributed by atoms with E-state index in [1.807, 2.05) is 39.8 Å². The number of hydrogen-bond acceptors (Lipinski definition) is 1. The zero-order valence-corrected chi connectivity index (χ0v) is 10.3. The monoisotopic (exact) mass is 198 g/mol. The summed E-state index contributed by atoms with van der Waals surface area (Å²) in [5.74, 6) is 0. The van der Waals surface area contributed by atoms with Crippen LogP contribution in [0.2, 0.25) is 0 Å². The first-order valence-electron chi connectivity index (χ1n) is 5.30. The molecule has 1 heterocycles. The van der Waals surface area contributed by atoms with E-state index in [1.54, 1.807) is 6.20 Å². The van der Waals surface area contributed by atoms with Crippen LogP contribution >= 0.6 is 0 Å². The Morgan fingerprint density at radius 3 is 1.93 bits per heavy atom. The second-order valence-corrected chi connectivity index (χ2v) is 2.90. The average Bonchev–Trinajstić information content (AvgIpc) is 2.17. The summed E-state index contributed by atoms with van der Waals surface area (Å²) in [6.45, 7) is 12.1. The Morgan fingerprint density at radius 1 is 1.21 bits per heavy atom. The van der Waals surface area contributed by atoms with Crippen molar-refractivity contribution in [3.63, 3.8) is 0 Å². The van der Waals surface area contributed by atoms with Crippen LogP contribution in [0, 0.1) is 13.8 Å². The Morgan fingerprint density at radius 2 is 1.64 bits per heavy atom. The summed E-state index contributed by atoms with van der Waals surface area (Å²) in [6.07, 6.45) is 2.88. The van der Waals surface area contributed by atoms with E-state index in [4.69, 9.17) is 5.21 Å². The van der Waals surface area contributed by atoms with E-state index in [1.165, 1.54) is 6.42 Å². The van der Waals surface area contributed by atoms with Gasteiger partial charge in [0.2, 0.25) is 11.9 Å². The van der Waals surface area contributed by atoms with Crippen LogP contribution < -0.4 is 4.73 Å². The molecule has 0 aliphatic rings. The molecule has 0 saturated carbocycles. The molecule has 0 aliphatic carbocycles. The first-order chi connectivity index (χ1) is 6.61. The SMILES string of the molecule is CC.CCC.Cc1cc[n+](O)c(C)c1. The Bertz CT molecular complexity index is 234. The van der Waals surface area contributed by atoms with Crippen molar-refractivity contribution in [1.82, 2.24) is 0 Å². The molecule has 0 aliphatic heterocycles. The zero-order valence-electron chi connectivity index (χ0n) is 10.3. The Labute approximate surface area is 88.2 Å². The molecule has 0 radical (unpaired) electrons. The first-order valence-corrected chi connectivity index (χ1v) is 5.30. The number of aromatic nitrogens is 1. The highest BCUT2D eigenvalue weighted by molar-refractivity contribution is 5.08. The molecular formula is C12H24NO+. The summed E-state index contributed by atoms with van der Waals surface area (Å²) >= 11 is 0. The van der Waals surface area contributed by atoms with Gasteiger partial charge in [-0.25, -0.2) is 0 Å². The molecule has 0 fully saturated rings. The second-order valence-electron chi connectivity index (χ2n) is 2.90. The lowest BCUT2D eigenvalue weighted by Gasteiger charge is -1.89. The Kier molecular flexibility index (Phi) is 11.1. The molecule has 2 heteroatoms. The Hall–Kier alpha value is -1.05. The quantitative estimate of drug-likeness (QED) is 0.502. The van der Waals surface area contributed by atoms with Crippen molar-refractivity contribution in [3.8, 4) is 0 Å². The lowest BCUT2D eigenvalue weighted by atomic mass is 10.3. The van der Waals surface area contributed by atoms with Gasteiger partial charge in [0.05, 0.1) is 0 Å². The molecule has 2 nitrogen and oxygen atoms in total. The lowest BCUT2D eigenvalue weighted by molar-refractivity contribution is -0.908. The third kappa shape index (κ3) is 7.59. The van der Waals surface area contributed by atoms with Crippen molar-refractivity contribution in [2.75, 3.05) is 0 Å². The topological polar surface area (TPSA) is 24.1 Å². The van der Waals surface area contributed by atoms with Gasteiger partial charge in [0.15, 0.2) is 0 Å². The molecule has 82 valence electrons. The van der Waals surface area contributed by atoms with Crippen molar-refractivity contribution in [2.45, 2.75) is 48.0 Å². The zero-order chi connectivity index (χ0) is 11.6. The molecule has 0 amide bonds. The molecule has 0 saturated heterocycles. The average molecular weight is 198 g/mol. The molecule has 1 aromatic rings. The van der Waals surface area contributed by atoms with Crippen LogP contribution in [-0.4, -0.2) is 5.21 Å². The first kappa shape index (κ1) is 15.4. The van der Waals surface area contributed by atoms with Crippen LogP contribution in [-0.2, 0) is 0 Å². The molecule has 0 unspecified atom stereocenters. The summed E-state index contributed by atoms with van der Waals surface area (Å²) in [7, 11) is 0. The van der Waals surface area contributed by atoms with Gasteiger partial charge in [-0.3, -0.25) is 5.21 Å². The number of nitrogens with zero attached hydrogens (tertiary/aromatic N) is 1. The number of pyridine rings is 1. The minimum Gasteiger partial charge on any atom is -0.285 e. The molecule has 1 aromatic heterocycles. The van der Waals surface area contributed by atoms with Gasteiger partial charge in [-0.2, -0.15) is 0 Å². The van der Waals surface area contributed by atoms with Crippen molar-refractivity contribution in [2.24, 2.45) is 0 Å². The smallest absolute Gasteiger partial charge is 0.231 e. The summed E-state index contributed by atoms with van der Waals surface area (Å²) in [5.41, 5.74) is 2.02. The van der Waals surface area contributed by atoms with Crippen LogP contribution in [0.1, 0.15) is 45.4 Å². The maximum atomic E-state index is 8.96. The highest BCUT2D eigenvalue weighted by atomic mass is 16.5. The molecule has 0 spiro atoms. The minimum absolute atomic E-state index is 0.856. The molecule has 1 rings (SSSR count). The van der Waals surface area contributed by atoms with Gasteiger partial charge in [0, 0.05) is 23.8 Å². The van der Waals surface area contributed by atoms with Crippen molar-refractivity contribution >= 4 is 0 Å². The fourth-order valence-electron chi connectivity index (χ4n) is 0.749. The largest absolute Gasteiger partial charge is 0.285 e. The fourth-order valence-corrected chi connectivity index (χ4v) is 0.749. The third-order valence-corrected chi connectivity index (χ3v) is 1.28. The van der Waals surface area contributed by atoms with E-state index in [0.29, 0.717) is 0 Å². The standard InChI is InChI=1S/C7H10NO.C3H8.C2H6/c1-6-3-4-8(9)7(2)5-6;1-3-2;1-2/h3-5,9H,1-2H3;3H2,1-2H3;1-2H3/q+1;;. The number of rotatable bonds is 0. The summed E-state index contributed by atoms with van der Waals surface area (Å²) in [6, 6.07) is 3.77. The number of hydrogen-bond donors (Lipinski definition) is 1. The van der Waals surface area contributed by atoms with E-state index < -0.39 is 0 Å². The van der Waals surface area contributed by atoms with E-state index in [-0.39, 0.29) is 0 Å². The fraction of sp³-hybridized carbons (Fsp3) is 0.583. The summed E-state index contributed by atoms with van der Waals surface area (Å²) in [5, 5.41) is 8.96. The van der Waals surface area contributed by atoms with E-state index in [2.05, 4.69) is 13.8 Å². The maximum absolute atomic E-state index is 8.96. The van der Waals surface area contributed by atoms with Crippen LogP contribution in [0.4, 0.5) is 0 Å². The maximum Gasteiger partial charge on any atom is 0.231 e. The van der Waals surface area contributed by atoms with Crippen molar-refractivity contribution in [1.29, 1.82) is 0 Å². The second kappa shape index (κ2) is 10.0. The highest BCUT2D eigenvalue weighted by Gasteiger charge is 2.00. The Balaban J connectivity index is 0.